The van der Waals surface area contributed by atoms with Crippen molar-refractivity contribution in [3.05, 3.63) is 0 Å². The third-order valence-electron chi connectivity index (χ3n) is 3.51. The molecule has 1 aliphatic rings. The van der Waals surface area contributed by atoms with Gasteiger partial charge in [-0.15, -0.1) is 0 Å². The Bertz CT molecular complexity index is 318. The molecule has 2 unspecified atom stereocenters. The molecule has 0 spiro atoms. The second-order valence-electron chi connectivity index (χ2n) is 4.82. The van der Waals surface area contributed by atoms with Crippen LogP contribution in [0.5, 0.6) is 0 Å². The van der Waals surface area contributed by atoms with Gasteiger partial charge in [-0.05, 0) is 26.7 Å². The summed E-state index contributed by atoms with van der Waals surface area (Å²) >= 11 is 0. The first-order chi connectivity index (χ1) is 9.03. The van der Waals surface area contributed by atoms with Crippen LogP contribution in [0.15, 0.2) is 0 Å². The van der Waals surface area contributed by atoms with E-state index >= 15 is 0 Å². The molecule has 1 heterocycles. The third kappa shape index (κ3) is 4.18. The smallest absolute Gasteiger partial charge is 0.251 e. The van der Waals surface area contributed by atoms with Gasteiger partial charge in [-0.3, -0.25) is 9.59 Å². The second kappa shape index (κ2) is 7.45. The van der Waals surface area contributed by atoms with Crippen LogP contribution in [0.1, 0.15) is 26.7 Å². The summed E-state index contributed by atoms with van der Waals surface area (Å²) in [6, 6.07) is 0. The van der Waals surface area contributed by atoms with E-state index in [0.717, 1.165) is 6.42 Å². The molecule has 1 aliphatic heterocycles. The van der Waals surface area contributed by atoms with Crippen LogP contribution in [0, 0.1) is 0 Å². The topological polar surface area (TPSA) is 75.9 Å². The monoisotopic (exact) mass is 271 g/mol. The van der Waals surface area contributed by atoms with Crippen LogP contribution in [0.25, 0.3) is 0 Å². The quantitative estimate of drug-likeness (QED) is 0.727. The summed E-state index contributed by atoms with van der Waals surface area (Å²) in [6.07, 6.45) is 1.03. The van der Waals surface area contributed by atoms with E-state index in [1.165, 1.54) is 4.90 Å². The van der Waals surface area contributed by atoms with E-state index in [2.05, 4.69) is 0 Å². The zero-order valence-electron chi connectivity index (χ0n) is 12.1. The van der Waals surface area contributed by atoms with Crippen LogP contribution in [-0.2, 0) is 14.3 Å². The Kier molecular flexibility index (Phi) is 6.24. The molecule has 1 saturated heterocycles. The second-order valence-corrected chi connectivity index (χ2v) is 4.82. The van der Waals surface area contributed by atoms with E-state index in [4.69, 9.17) is 10.5 Å². The Hall–Kier alpha value is -1.14. The average Bonchev–Trinajstić information content (AvgIpc) is 2.87. The van der Waals surface area contributed by atoms with Crippen LogP contribution in [0.4, 0.5) is 0 Å². The summed E-state index contributed by atoms with van der Waals surface area (Å²) in [5.41, 5.74) is 5.52. The fourth-order valence-electron chi connectivity index (χ4n) is 2.26. The number of hydrogen-bond donors (Lipinski definition) is 1. The molecule has 19 heavy (non-hydrogen) atoms. The highest BCUT2D eigenvalue weighted by molar-refractivity contribution is 5.87. The van der Waals surface area contributed by atoms with Crippen LogP contribution in [0.2, 0.25) is 0 Å². The van der Waals surface area contributed by atoms with Gasteiger partial charge < -0.3 is 20.3 Å². The van der Waals surface area contributed by atoms with Crippen molar-refractivity contribution in [2.24, 2.45) is 5.73 Å². The molecular formula is C13H25N3O3. The maximum Gasteiger partial charge on any atom is 0.251 e. The van der Waals surface area contributed by atoms with Gasteiger partial charge in [0.1, 0.15) is 6.10 Å². The molecule has 0 aliphatic carbocycles. The lowest BCUT2D eigenvalue weighted by molar-refractivity contribution is -0.146. The largest absolute Gasteiger partial charge is 0.364 e. The first-order valence-electron chi connectivity index (χ1n) is 6.91. The molecule has 110 valence electrons. The average molecular weight is 271 g/mol. The van der Waals surface area contributed by atoms with Gasteiger partial charge in [0.2, 0.25) is 5.91 Å². The highest BCUT2D eigenvalue weighted by Gasteiger charge is 2.32. The van der Waals surface area contributed by atoms with Gasteiger partial charge in [0, 0.05) is 26.7 Å². The summed E-state index contributed by atoms with van der Waals surface area (Å²) < 4.78 is 5.55. The van der Waals surface area contributed by atoms with Gasteiger partial charge in [0.25, 0.3) is 5.91 Å². The molecule has 2 amide bonds. The maximum atomic E-state index is 12.1. The summed E-state index contributed by atoms with van der Waals surface area (Å²) in [5.74, 6) is -0.161. The highest BCUT2D eigenvalue weighted by Crippen LogP contribution is 2.20. The maximum absolute atomic E-state index is 12.1. The lowest BCUT2D eigenvalue weighted by Gasteiger charge is -2.25. The molecule has 0 bridgehead atoms. The van der Waals surface area contributed by atoms with Crippen molar-refractivity contribution in [3.63, 3.8) is 0 Å². The Morgan fingerprint density at radius 2 is 1.89 bits per heavy atom. The molecular weight excluding hydrogens is 246 g/mol. The fraction of sp³-hybridized carbons (Fsp3) is 0.846. The van der Waals surface area contributed by atoms with Crippen molar-refractivity contribution in [1.82, 2.24) is 9.80 Å². The molecule has 1 fully saturated rings. The minimum Gasteiger partial charge on any atom is -0.364 e. The van der Waals surface area contributed by atoms with Gasteiger partial charge in [0.15, 0.2) is 0 Å². The number of amides is 2. The van der Waals surface area contributed by atoms with E-state index in [1.54, 1.807) is 11.9 Å². The number of carbonyl (C=O) groups excluding carboxylic acids is 2. The molecule has 1 rings (SSSR count). The van der Waals surface area contributed by atoms with E-state index in [1.807, 2.05) is 13.8 Å². The van der Waals surface area contributed by atoms with Crippen molar-refractivity contribution in [3.8, 4) is 0 Å². The summed E-state index contributed by atoms with van der Waals surface area (Å²) in [5, 5.41) is 0. The molecule has 0 aromatic rings. The van der Waals surface area contributed by atoms with Crippen LogP contribution in [-0.4, -0.2) is 67.0 Å². The number of rotatable bonds is 6. The molecule has 0 radical (unpaired) electrons. The Balaban J connectivity index is 2.47. The standard InChI is InChI=1S/C13H25N3O3/c1-4-16(5-2)12(17)9-15(3)13(18)11-7-6-10(8-14)19-11/h10-11H,4-9,14H2,1-3H3. The minimum atomic E-state index is -0.442. The van der Waals surface area contributed by atoms with Crippen molar-refractivity contribution in [2.45, 2.75) is 38.9 Å². The summed E-state index contributed by atoms with van der Waals surface area (Å²) in [7, 11) is 1.64. The number of hydrogen-bond acceptors (Lipinski definition) is 4. The molecule has 6 nitrogen and oxygen atoms in total. The minimum absolute atomic E-state index is 0.0270. The van der Waals surface area contributed by atoms with E-state index in [-0.39, 0.29) is 24.5 Å². The van der Waals surface area contributed by atoms with Crippen molar-refractivity contribution in [1.29, 1.82) is 0 Å². The molecule has 2 atom stereocenters. The van der Waals surface area contributed by atoms with Gasteiger partial charge >= 0.3 is 0 Å². The molecule has 6 heteroatoms. The van der Waals surface area contributed by atoms with E-state index < -0.39 is 6.10 Å². The van der Waals surface area contributed by atoms with Crippen LogP contribution >= 0.6 is 0 Å². The van der Waals surface area contributed by atoms with Crippen molar-refractivity contribution in [2.75, 3.05) is 33.2 Å². The van der Waals surface area contributed by atoms with Crippen LogP contribution in [0.3, 0.4) is 0 Å². The summed E-state index contributed by atoms with van der Waals surface area (Å²) in [4.78, 5) is 27.2. The molecule has 0 aromatic carbocycles. The van der Waals surface area contributed by atoms with Crippen LogP contribution < -0.4 is 5.73 Å². The number of likely N-dealkylation sites (N-methyl/N-ethyl adjacent to an activating group) is 2. The Morgan fingerprint density at radius 1 is 1.26 bits per heavy atom. The zero-order chi connectivity index (χ0) is 14.4. The first-order valence-corrected chi connectivity index (χ1v) is 6.91. The SMILES string of the molecule is CCN(CC)C(=O)CN(C)C(=O)C1CCC(CN)O1. The number of nitrogens with two attached hydrogens (primary N) is 1. The van der Waals surface area contributed by atoms with Gasteiger partial charge in [-0.1, -0.05) is 0 Å². The predicted molar refractivity (Wildman–Crippen MR) is 72.5 cm³/mol. The number of carbonyl (C=O) groups is 2. The highest BCUT2D eigenvalue weighted by atomic mass is 16.5. The normalized spacial score (nSPS) is 22.3. The Morgan fingerprint density at radius 3 is 2.37 bits per heavy atom. The van der Waals surface area contributed by atoms with Gasteiger partial charge in [-0.2, -0.15) is 0 Å². The number of ether oxygens (including phenoxy) is 1. The molecule has 2 N–H and O–H groups in total. The molecule has 0 saturated carbocycles. The van der Waals surface area contributed by atoms with Crippen molar-refractivity contribution < 1.29 is 14.3 Å². The van der Waals surface area contributed by atoms with E-state index in [0.29, 0.717) is 26.1 Å². The lowest BCUT2D eigenvalue weighted by Crippen LogP contribution is -2.44. The van der Waals surface area contributed by atoms with E-state index in [9.17, 15) is 9.59 Å². The predicted octanol–water partition coefficient (Wildman–Crippen LogP) is -0.180. The zero-order valence-corrected chi connectivity index (χ0v) is 12.1. The number of nitrogens with zero attached hydrogens (tertiary/aromatic N) is 2. The summed E-state index contributed by atoms with van der Waals surface area (Å²) in [6.45, 7) is 5.71. The fourth-order valence-corrected chi connectivity index (χ4v) is 2.26. The third-order valence-corrected chi connectivity index (χ3v) is 3.51. The Labute approximate surface area is 114 Å². The van der Waals surface area contributed by atoms with Crippen molar-refractivity contribution >= 4 is 11.8 Å². The lowest BCUT2D eigenvalue weighted by atomic mass is 10.2. The molecule has 0 aromatic heterocycles. The van der Waals surface area contributed by atoms with Gasteiger partial charge in [0.05, 0.1) is 12.6 Å². The first kappa shape index (κ1) is 15.9. The van der Waals surface area contributed by atoms with Gasteiger partial charge in [-0.25, -0.2) is 0 Å².